The monoisotopic (exact) mass is 585 g/mol. The van der Waals surface area contributed by atoms with Crippen LogP contribution in [0, 0.1) is 27.5 Å². The molecule has 1 saturated heterocycles. The topological polar surface area (TPSA) is 127 Å². The Morgan fingerprint density at radius 3 is 2.47 bits per heavy atom. The predicted molar refractivity (Wildman–Crippen MR) is 130 cm³/mol. The number of thioether (sulfide) groups is 1. The smallest absolute Gasteiger partial charge is 0.287 e. The van der Waals surface area contributed by atoms with Crippen molar-refractivity contribution in [2.24, 2.45) is 0 Å². The van der Waals surface area contributed by atoms with E-state index in [2.05, 4.69) is 17.2 Å². The first-order chi connectivity index (χ1) is 15.1. The predicted octanol–water partition coefficient (Wildman–Crippen LogP) is 3.97. The Morgan fingerprint density at radius 1 is 1.22 bits per heavy atom. The molecule has 0 radical (unpaired) electrons. The molecule has 8 nitrogen and oxygen atoms in total. The Labute approximate surface area is 203 Å². The van der Waals surface area contributed by atoms with Crippen molar-refractivity contribution in [3.8, 4) is 11.8 Å². The molecular formula is C21H18IN2O6S2-. The van der Waals surface area contributed by atoms with Crippen LogP contribution in [0.25, 0.3) is 0 Å². The van der Waals surface area contributed by atoms with Gasteiger partial charge < -0.3 is 10.4 Å². The highest BCUT2D eigenvalue weighted by atomic mass is 127. The van der Waals surface area contributed by atoms with Gasteiger partial charge in [-0.15, -0.1) is 0 Å². The van der Waals surface area contributed by atoms with Crippen molar-refractivity contribution < 1.29 is 23.2 Å². The minimum Gasteiger partial charge on any atom is -0.733 e. The average Bonchev–Trinajstić information content (AvgIpc) is 3.03. The van der Waals surface area contributed by atoms with Gasteiger partial charge in [0.15, 0.2) is 0 Å². The average molecular weight is 585 g/mol. The molecule has 1 heterocycles. The van der Waals surface area contributed by atoms with E-state index in [1.54, 1.807) is 25.1 Å². The Hall–Kier alpha value is -2.11. The largest absolute Gasteiger partial charge is 0.733 e. The highest BCUT2D eigenvalue weighted by Gasteiger charge is 2.57. The van der Waals surface area contributed by atoms with Gasteiger partial charge in [-0.2, -0.15) is 0 Å². The van der Waals surface area contributed by atoms with Gasteiger partial charge in [0.25, 0.3) is 11.1 Å². The van der Waals surface area contributed by atoms with Crippen molar-refractivity contribution in [1.29, 1.82) is 0 Å². The first kappa shape index (κ1) is 24.5. The van der Waals surface area contributed by atoms with Crippen molar-refractivity contribution in [3.05, 3.63) is 62.4 Å². The fourth-order valence-corrected chi connectivity index (χ4v) is 6.89. The number of aryl methyl sites for hydroxylation is 1. The normalized spacial score (nSPS) is 18.1. The molecule has 2 aromatic rings. The summed E-state index contributed by atoms with van der Waals surface area (Å²) in [6.07, 6.45) is 0.485. The lowest BCUT2D eigenvalue weighted by molar-refractivity contribution is -0.120. The van der Waals surface area contributed by atoms with Gasteiger partial charge in [-0.3, -0.25) is 20.1 Å². The molecule has 3 rings (SSSR count). The molecule has 32 heavy (non-hydrogen) atoms. The molecule has 1 fully saturated rings. The summed E-state index contributed by atoms with van der Waals surface area (Å²) in [5.41, 5.74) is 1.43. The molecule has 11 heteroatoms. The van der Waals surface area contributed by atoms with Crippen molar-refractivity contribution >= 4 is 61.0 Å². The van der Waals surface area contributed by atoms with E-state index >= 15 is 0 Å². The number of imide groups is 1. The number of unbranched alkanes of at least 4 members (excludes halogenated alkanes) is 1. The van der Waals surface area contributed by atoms with Crippen LogP contribution in [-0.4, -0.2) is 28.9 Å². The lowest BCUT2D eigenvalue weighted by atomic mass is 10.1. The Kier molecular flexibility index (Phi) is 7.51. The molecule has 0 saturated carbocycles. The summed E-state index contributed by atoms with van der Waals surface area (Å²) in [5, 5.41) is 21.1. The number of amides is 2. The zero-order valence-corrected chi connectivity index (χ0v) is 20.6. The van der Waals surface area contributed by atoms with Gasteiger partial charge in [0.05, 0.1) is 10.6 Å². The van der Waals surface area contributed by atoms with Crippen LogP contribution in [-0.2, 0) is 14.6 Å². The molecule has 0 aromatic heterocycles. The number of carbonyl (C=O) groups is 2. The number of hydrogen-bond donors (Lipinski definition) is 2. The van der Waals surface area contributed by atoms with E-state index in [1.807, 2.05) is 22.6 Å². The lowest BCUT2D eigenvalue weighted by Gasteiger charge is -2.24. The van der Waals surface area contributed by atoms with Crippen LogP contribution >= 0.6 is 34.4 Å². The number of rotatable bonds is 6. The third-order valence-corrected chi connectivity index (χ3v) is 9.62. The van der Waals surface area contributed by atoms with Gasteiger partial charge in [-0.25, -0.2) is 8.42 Å². The molecule has 2 N–H and O–H groups in total. The van der Waals surface area contributed by atoms with E-state index < -0.39 is 25.1 Å². The van der Waals surface area contributed by atoms with Crippen LogP contribution in [0.5, 0.6) is 0 Å². The fraction of sp³-hybridized carbons (Fsp3) is 0.238. The summed E-state index contributed by atoms with van der Waals surface area (Å²) in [6, 6.07) is 10.6. The lowest BCUT2D eigenvalue weighted by Crippen LogP contribution is -2.43. The fourth-order valence-electron chi connectivity index (χ4n) is 3.16. The van der Waals surface area contributed by atoms with Gasteiger partial charge in [0.1, 0.15) is 0 Å². The number of benzene rings is 2. The summed E-state index contributed by atoms with van der Waals surface area (Å²) >= 11 is 2.54. The number of hydrogen-bond acceptors (Lipinski definition) is 8. The quantitative estimate of drug-likeness (QED) is 0.226. The van der Waals surface area contributed by atoms with Gasteiger partial charge >= 0.3 is 0 Å². The van der Waals surface area contributed by atoms with E-state index in [1.165, 1.54) is 24.3 Å². The molecule has 168 valence electrons. The molecule has 0 bridgehead atoms. The molecule has 2 amide bonds. The van der Waals surface area contributed by atoms with Crippen LogP contribution in [0.1, 0.15) is 30.4 Å². The highest BCUT2D eigenvalue weighted by molar-refractivity contribution is 14.1. The number of nitrogens with one attached hydrogen (secondary N) is 1. The number of carbonyl (C=O) groups excluding carboxylic acids is 2. The molecule has 1 atom stereocenters. The van der Waals surface area contributed by atoms with Crippen molar-refractivity contribution in [2.45, 2.75) is 35.2 Å². The van der Waals surface area contributed by atoms with Crippen LogP contribution in [0.3, 0.4) is 0 Å². The third kappa shape index (κ3) is 4.94. The molecular weight excluding hydrogens is 567 g/mol. The minimum atomic E-state index is -4.14. The van der Waals surface area contributed by atoms with Crippen LogP contribution in [0.2, 0.25) is 0 Å². The highest BCUT2D eigenvalue weighted by Crippen LogP contribution is 2.44. The van der Waals surface area contributed by atoms with Crippen LogP contribution < -0.4 is 10.5 Å². The van der Waals surface area contributed by atoms with E-state index in [4.69, 9.17) is 5.21 Å². The first-order valence-corrected chi connectivity index (χ1v) is 12.7. The summed E-state index contributed by atoms with van der Waals surface area (Å²) in [7, 11) is -4.14. The summed E-state index contributed by atoms with van der Waals surface area (Å²) < 4.78 is 25.5. The zero-order chi connectivity index (χ0) is 23.5. The minimum absolute atomic E-state index is 0.0200. The molecule has 1 aliphatic heterocycles. The van der Waals surface area contributed by atoms with E-state index in [0.717, 1.165) is 3.57 Å². The second-order valence-electron chi connectivity index (χ2n) is 6.98. The second-order valence-corrected chi connectivity index (χ2v) is 11.9. The maximum atomic E-state index is 13.3. The Bertz CT molecular complexity index is 1220. The first-order valence-electron chi connectivity index (χ1n) is 9.37. The molecule has 0 spiro atoms. The van der Waals surface area contributed by atoms with E-state index in [-0.39, 0.29) is 28.7 Å². The van der Waals surface area contributed by atoms with Gasteiger partial charge in [0.2, 0.25) is 13.9 Å². The summed E-state index contributed by atoms with van der Waals surface area (Å²) in [6.45, 7) is 1.74. The standard InChI is InChI=1S/C21H18IN2O6S2/c1-14-13-17(24(27)28)9-6-15(14)5-3-2-4-12-21(19(25)23-20(26)31-21)32(29,30)18-10-7-16(22)8-11-18/h6-11,13,27H,2,4,12H2,1H3,(H,23,25,26)/q-1. The van der Waals surface area contributed by atoms with Gasteiger partial charge in [-0.05, 0) is 102 Å². The Balaban J connectivity index is 1.78. The van der Waals surface area contributed by atoms with Crippen LogP contribution in [0.15, 0.2) is 47.4 Å². The second kappa shape index (κ2) is 9.80. The van der Waals surface area contributed by atoms with Crippen LogP contribution in [0.4, 0.5) is 10.5 Å². The summed E-state index contributed by atoms with van der Waals surface area (Å²) in [5.74, 6) is 5.03. The number of nitrogens with zero attached hydrogens (tertiary/aromatic N) is 1. The van der Waals surface area contributed by atoms with Crippen molar-refractivity contribution in [3.63, 3.8) is 0 Å². The number of anilines is 1. The number of sulfone groups is 1. The maximum Gasteiger partial charge on any atom is 0.287 e. The third-order valence-electron chi connectivity index (χ3n) is 4.84. The molecule has 1 unspecified atom stereocenters. The number of halogens is 1. The van der Waals surface area contributed by atoms with Gasteiger partial charge in [0, 0.05) is 15.6 Å². The van der Waals surface area contributed by atoms with E-state index in [9.17, 15) is 23.2 Å². The molecule has 0 aliphatic carbocycles. The summed E-state index contributed by atoms with van der Waals surface area (Å²) in [4.78, 5) is 24.5. The van der Waals surface area contributed by atoms with Gasteiger partial charge in [-0.1, -0.05) is 11.8 Å². The zero-order valence-electron chi connectivity index (χ0n) is 16.8. The van der Waals surface area contributed by atoms with Crippen molar-refractivity contribution in [1.82, 2.24) is 5.32 Å². The Morgan fingerprint density at radius 2 is 1.91 bits per heavy atom. The molecule has 1 aliphatic rings. The van der Waals surface area contributed by atoms with Crippen molar-refractivity contribution in [2.75, 3.05) is 5.23 Å². The SMILES string of the molecule is Cc1cc(N([O-])O)ccc1C#CCCCC1(S(=O)(=O)c2ccc(I)cc2)SC(=O)NC1=O. The maximum absolute atomic E-state index is 13.3. The van der Waals surface area contributed by atoms with E-state index in [0.29, 0.717) is 29.3 Å². The molecule has 2 aromatic carbocycles.